The maximum Gasteiger partial charge on any atom is 0.416 e. The van der Waals surface area contributed by atoms with Gasteiger partial charge in [-0.05, 0) is 42.1 Å². The van der Waals surface area contributed by atoms with Crippen LogP contribution in [0.25, 0.3) is 0 Å². The van der Waals surface area contributed by atoms with Crippen molar-refractivity contribution >= 4 is 17.0 Å². The van der Waals surface area contributed by atoms with E-state index in [-0.39, 0.29) is 0 Å². The highest BCUT2D eigenvalue weighted by Gasteiger charge is 2.31. The molecular formula is C17H20F3N2S+. The van der Waals surface area contributed by atoms with Crippen LogP contribution in [0.5, 0.6) is 0 Å². The van der Waals surface area contributed by atoms with Crippen LogP contribution in [0.1, 0.15) is 16.0 Å². The fourth-order valence-electron chi connectivity index (χ4n) is 2.95. The number of nitrogens with one attached hydrogen (secondary N) is 1. The van der Waals surface area contributed by atoms with E-state index in [0.29, 0.717) is 5.69 Å². The third kappa shape index (κ3) is 3.87. The zero-order valence-electron chi connectivity index (χ0n) is 13.0. The van der Waals surface area contributed by atoms with Crippen LogP contribution in [0.2, 0.25) is 0 Å². The van der Waals surface area contributed by atoms with Crippen LogP contribution >= 0.6 is 11.3 Å². The van der Waals surface area contributed by atoms with Crippen molar-refractivity contribution < 1.29 is 18.1 Å². The summed E-state index contributed by atoms with van der Waals surface area (Å²) < 4.78 is 38.5. The molecule has 1 aliphatic heterocycles. The van der Waals surface area contributed by atoms with Crippen molar-refractivity contribution in [2.75, 3.05) is 31.1 Å². The van der Waals surface area contributed by atoms with Gasteiger partial charge in [0, 0.05) is 5.69 Å². The summed E-state index contributed by atoms with van der Waals surface area (Å²) in [6, 6.07) is 7.79. The lowest BCUT2D eigenvalue weighted by atomic mass is 10.1. The van der Waals surface area contributed by atoms with Crippen LogP contribution in [0, 0.1) is 6.92 Å². The summed E-state index contributed by atoms with van der Waals surface area (Å²) in [5.74, 6) is 0. The molecule has 1 aromatic heterocycles. The molecule has 0 unspecified atom stereocenters. The summed E-state index contributed by atoms with van der Waals surface area (Å²) in [6.45, 7) is 6.63. The molecule has 2 heterocycles. The number of quaternary nitrogens is 1. The molecule has 0 spiro atoms. The molecule has 1 aromatic carbocycles. The Morgan fingerprint density at radius 3 is 2.52 bits per heavy atom. The van der Waals surface area contributed by atoms with Gasteiger partial charge in [0.15, 0.2) is 0 Å². The van der Waals surface area contributed by atoms with Crippen LogP contribution in [-0.2, 0) is 12.7 Å². The Balaban J connectivity index is 1.62. The summed E-state index contributed by atoms with van der Waals surface area (Å²) in [5, 5.41) is 2.11. The van der Waals surface area contributed by atoms with E-state index in [1.54, 1.807) is 17.4 Å². The van der Waals surface area contributed by atoms with Crippen LogP contribution < -0.4 is 9.80 Å². The first-order valence-corrected chi connectivity index (χ1v) is 8.60. The summed E-state index contributed by atoms with van der Waals surface area (Å²) in [6.07, 6.45) is -4.28. The number of anilines is 1. The molecular weight excluding hydrogens is 321 g/mol. The van der Waals surface area contributed by atoms with E-state index < -0.39 is 11.7 Å². The van der Waals surface area contributed by atoms with Gasteiger partial charge in [0.2, 0.25) is 0 Å². The Bertz CT molecular complexity index is 658. The molecule has 23 heavy (non-hydrogen) atoms. The predicted octanol–water partition coefficient (Wildman–Crippen LogP) is 2.98. The van der Waals surface area contributed by atoms with Gasteiger partial charge in [-0.3, -0.25) is 0 Å². The van der Waals surface area contributed by atoms with Crippen molar-refractivity contribution in [3.8, 4) is 0 Å². The van der Waals surface area contributed by atoms with E-state index in [1.165, 1.54) is 27.5 Å². The minimum absolute atomic E-state index is 0.570. The summed E-state index contributed by atoms with van der Waals surface area (Å²) >= 11 is 1.79. The minimum atomic E-state index is -4.28. The first-order valence-electron chi connectivity index (χ1n) is 7.72. The second kappa shape index (κ2) is 6.53. The Morgan fingerprint density at radius 2 is 1.91 bits per heavy atom. The topological polar surface area (TPSA) is 7.68 Å². The molecule has 1 saturated heterocycles. The SMILES string of the molecule is Cc1ccsc1C[NH+]1CCN(c2cccc(C(F)(F)F)c2)CC1. The van der Waals surface area contributed by atoms with Gasteiger partial charge in [-0.25, -0.2) is 0 Å². The number of benzene rings is 1. The highest BCUT2D eigenvalue weighted by Crippen LogP contribution is 2.31. The number of rotatable bonds is 3. The molecule has 1 fully saturated rings. The van der Waals surface area contributed by atoms with Gasteiger partial charge >= 0.3 is 6.18 Å². The standard InChI is InChI=1S/C17H19F3N2S/c1-13-5-10-23-16(13)12-21-6-8-22(9-7-21)15-4-2-3-14(11-15)17(18,19)20/h2-5,10-11H,6-9,12H2,1H3/p+1. The lowest BCUT2D eigenvalue weighted by Gasteiger charge is -2.33. The second-order valence-electron chi connectivity index (χ2n) is 5.99. The summed E-state index contributed by atoms with van der Waals surface area (Å²) in [4.78, 5) is 4.96. The van der Waals surface area contributed by atoms with Gasteiger partial charge in [-0.15, -0.1) is 11.3 Å². The molecule has 2 nitrogen and oxygen atoms in total. The van der Waals surface area contributed by atoms with Gasteiger partial charge in [-0.2, -0.15) is 13.2 Å². The number of nitrogens with zero attached hydrogens (tertiary/aromatic N) is 1. The Hall–Kier alpha value is -1.53. The van der Waals surface area contributed by atoms with E-state index in [1.807, 2.05) is 0 Å². The number of alkyl halides is 3. The number of piperazine rings is 1. The Kier molecular flexibility index (Phi) is 4.64. The molecule has 0 amide bonds. The molecule has 0 aliphatic carbocycles. The molecule has 1 N–H and O–H groups in total. The van der Waals surface area contributed by atoms with Crippen molar-refractivity contribution in [3.63, 3.8) is 0 Å². The zero-order chi connectivity index (χ0) is 16.4. The van der Waals surface area contributed by atoms with Crippen molar-refractivity contribution in [2.24, 2.45) is 0 Å². The molecule has 1 aliphatic rings. The molecule has 124 valence electrons. The number of halogens is 3. The number of hydrogen-bond donors (Lipinski definition) is 1. The molecule has 0 saturated carbocycles. The Labute approximate surface area is 138 Å². The maximum absolute atomic E-state index is 12.8. The van der Waals surface area contributed by atoms with Gasteiger partial charge in [-0.1, -0.05) is 6.07 Å². The molecule has 2 aromatic rings. The minimum Gasteiger partial charge on any atom is -0.360 e. The van der Waals surface area contributed by atoms with E-state index in [9.17, 15) is 13.2 Å². The molecule has 0 atom stereocenters. The van der Waals surface area contributed by atoms with E-state index in [0.717, 1.165) is 38.8 Å². The fourth-order valence-corrected chi connectivity index (χ4v) is 3.93. The average Bonchev–Trinajstić information content (AvgIpc) is 2.92. The number of aryl methyl sites for hydroxylation is 1. The zero-order valence-corrected chi connectivity index (χ0v) is 13.8. The monoisotopic (exact) mass is 341 g/mol. The largest absolute Gasteiger partial charge is 0.416 e. The quantitative estimate of drug-likeness (QED) is 0.902. The van der Waals surface area contributed by atoms with Crippen LogP contribution in [-0.4, -0.2) is 26.2 Å². The first kappa shape index (κ1) is 16.3. The molecule has 3 rings (SSSR count). The van der Waals surface area contributed by atoms with Crippen molar-refractivity contribution in [3.05, 3.63) is 51.7 Å². The highest BCUT2D eigenvalue weighted by molar-refractivity contribution is 7.10. The van der Waals surface area contributed by atoms with Gasteiger partial charge in [0.25, 0.3) is 0 Å². The third-order valence-electron chi connectivity index (χ3n) is 4.39. The Morgan fingerprint density at radius 1 is 1.17 bits per heavy atom. The number of thiophene rings is 1. The summed E-state index contributed by atoms with van der Waals surface area (Å²) in [5.41, 5.74) is 1.44. The lowest BCUT2D eigenvalue weighted by molar-refractivity contribution is -0.914. The lowest BCUT2D eigenvalue weighted by Crippen LogP contribution is -3.13. The summed E-state index contributed by atoms with van der Waals surface area (Å²) in [7, 11) is 0. The van der Waals surface area contributed by atoms with Gasteiger partial charge < -0.3 is 9.80 Å². The van der Waals surface area contributed by atoms with E-state index in [2.05, 4.69) is 23.3 Å². The van der Waals surface area contributed by atoms with E-state index in [4.69, 9.17) is 0 Å². The van der Waals surface area contributed by atoms with Gasteiger partial charge in [0.1, 0.15) is 6.54 Å². The van der Waals surface area contributed by atoms with Crippen LogP contribution in [0.15, 0.2) is 35.7 Å². The van der Waals surface area contributed by atoms with Gasteiger partial charge in [0.05, 0.1) is 36.6 Å². The van der Waals surface area contributed by atoms with Crippen molar-refractivity contribution in [1.29, 1.82) is 0 Å². The molecule has 0 bridgehead atoms. The first-order chi connectivity index (χ1) is 10.9. The van der Waals surface area contributed by atoms with Crippen molar-refractivity contribution in [2.45, 2.75) is 19.6 Å². The fraction of sp³-hybridized carbons (Fsp3) is 0.412. The molecule has 6 heteroatoms. The average molecular weight is 341 g/mol. The number of hydrogen-bond acceptors (Lipinski definition) is 2. The maximum atomic E-state index is 12.8. The normalized spacial score (nSPS) is 16.8. The highest BCUT2D eigenvalue weighted by atomic mass is 32.1. The van der Waals surface area contributed by atoms with E-state index >= 15 is 0 Å². The van der Waals surface area contributed by atoms with Crippen LogP contribution in [0.4, 0.5) is 18.9 Å². The second-order valence-corrected chi connectivity index (χ2v) is 6.99. The van der Waals surface area contributed by atoms with Crippen molar-refractivity contribution in [1.82, 2.24) is 0 Å². The predicted molar refractivity (Wildman–Crippen MR) is 87.1 cm³/mol. The third-order valence-corrected chi connectivity index (χ3v) is 5.41. The van der Waals surface area contributed by atoms with Crippen LogP contribution in [0.3, 0.4) is 0 Å². The smallest absolute Gasteiger partial charge is 0.360 e. The molecule has 0 radical (unpaired) electrons.